The maximum atomic E-state index is 12.7. The van der Waals surface area contributed by atoms with Crippen LogP contribution in [0.5, 0.6) is 11.5 Å². The fraction of sp³-hybridized carbons (Fsp3) is 0.286. The summed E-state index contributed by atoms with van der Waals surface area (Å²) < 4.78 is 19.2. The number of benzene rings is 2. The Morgan fingerprint density at radius 3 is 2.76 bits per heavy atom. The van der Waals surface area contributed by atoms with Gasteiger partial charge in [-0.05, 0) is 44.2 Å². The lowest BCUT2D eigenvalue weighted by Crippen LogP contribution is -2.36. The van der Waals surface area contributed by atoms with Gasteiger partial charge in [0.25, 0.3) is 5.91 Å². The minimum atomic E-state index is -0.796. The monoisotopic (exact) mass is 412 g/mol. The fourth-order valence-corrected chi connectivity index (χ4v) is 4.25. The number of hydrogen-bond donors (Lipinski definition) is 0. The molecule has 3 aromatic rings. The molecule has 1 atom stereocenters. The zero-order valence-electron chi connectivity index (χ0n) is 16.1. The van der Waals surface area contributed by atoms with E-state index in [9.17, 15) is 9.59 Å². The molecule has 1 amide bonds. The van der Waals surface area contributed by atoms with Gasteiger partial charge in [-0.3, -0.25) is 4.79 Å². The third kappa shape index (κ3) is 3.75. The van der Waals surface area contributed by atoms with Crippen molar-refractivity contribution in [2.24, 2.45) is 4.99 Å². The number of nitrogens with zero attached hydrogens (tertiary/aromatic N) is 2. The molecule has 0 fully saturated rings. The van der Waals surface area contributed by atoms with Crippen LogP contribution in [0.4, 0.5) is 0 Å². The number of aromatic nitrogens is 1. The van der Waals surface area contributed by atoms with Gasteiger partial charge in [-0.2, -0.15) is 4.99 Å². The predicted molar refractivity (Wildman–Crippen MR) is 108 cm³/mol. The third-order valence-corrected chi connectivity index (χ3v) is 5.54. The SMILES string of the molecule is CCOC(=O)c1ccc2c(c1)sc(=NC(=O)C1COc3ccccc3O1)n2CC. The van der Waals surface area contributed by atoms with E-state index in [2.05, 4.69) is 4.99 Å². The first kappa shape index (κ1) is 19.2. The highest BCUT2D eigenvalue weighted by molar-refractivity contribution is 7.16. The van der Waals surface area contributed by atoms with E-state index in [-0.39, 0.29) is 12.6 Å². The molecule has 0 spiro atoms. The maximum absolute atomic E-state index is 12.7. The van der Waals surface area contributed by atoms with Gasteiger partial charge in [-0.15, -0.1) is 0 Å². The first-order chi connectivity index (χ1) is 14.1. The van der Waals surface area contributed by atoms with E-state index < -0.39 is 12.0 Å². The Bertz CT molecular complexity index is 1150. The number of amides is 1. The number of hydrogen-bond acceptors (Lipinski definition) is 6. The van der Waals surface area contributed by atoms with E-state index in [1.165, 1.54) is 11.3 Å². The number of aryl methyl sites for hydroxylation is 1. The molecule has 0 N–H and O–H groups in total. The maximum Gasteiger partial charge on any atom is 0.338 e. The Labute approximate surface area is 171 Å². The molecule has 4 rings (SSSR count). The van der Waals surface area contributed by atoms with Crippen molar-refractivity contribution in [3.05, 3.63) is 52.8 Å². The standard InChI is InChI=1S/C21H20N2O5S/c1-3-23-14-10-9-13(20(25)26-4-2)11-18(14)29-21(23)22-19(24)17-12-27-15-7-5-6-8-16(15)28-17/h5-11,17H,3-4,12H2,1-2H3. The smallest absolute Gasteiger partial charge is 0.338 e. The van der Waals surface area contributed by atoms with E-state index in [4.69, 9.17) is 14.2 Å². The van der Waals surface area contributed by atoms with Crippen molar-refractivity contribution in [1.82, 2.24) is 4.57 Å². The van der Waals surface area contributed by atoms with Crippen LogP contribution >= 0.6 is 11.3 Å². The van der Waals surface area contributed by atoms with Crippen molar-refractivity contribution in [3.63, 3.8) is 0 Å². The molecule has 0 bridgehead atoms. The average Bonchev–Trinajstić information content (AvgIpc) is 3.09. The minimum Gasteiger partial charge on any atom is -0.485 e. The van der Waals surface area contributed by atoms with E-state index in [1.807, 2.05) is 29.7 Å². The van der Waals surface area contributed by atoms with E-state index in [0.717, 1.165) is 10.2 Å². The van der Waals surface area contributed by atoms with Crippen LogP contribution in [-0.2, 0) is 16.1 Å². The van der Waals surface area contributed by atoms with Crippen LogP contribution in [0.1, 0.15) is 24.2 Å². The summed E-state index contributed by atoms with van der Waals surface area (Å²) in [7, 11) is 0. The molecule has 1 unspecified atom stereocenters. The average molecular weight is 412 g/mol. The molecule has 150 valence electrons. The Kier molecular flexibility index (Phi) is 5.35. The number of carbonyl (C=O) groups excluding carboxylic acids is 2. The summed E-state index contributed by atoms with van der Waals surface area (Å²) in [5, 5.41) is 0. The summed E-state index contributed by atoms with van der Waals surface area (Å²) in [5.41, 5.74) is 1.38. The van der Waals surface area contributed by atoms with Gasteiger partial charge < -0.3 is 18.8 Å². The number of fused-ring (bicyclic) bond motifs is 2. The molecule has 0 aliphatic carbocycles. The van der Waals surface area contributed by atoms with Gasteiger partial charge in [0.1, 0.15) is 6.61 Å². The van der Waals surface area contributed by atoms with Crippen LogP contribution in [0.15, 0.2) is 47.5 Å². The van der Waals surface area contributed by atoms with Gasteiger partial charge in [-0.1, -0.05) is 23.5 Å². The van der Waals surface area contributed by atoms with Gasteiger partial charge >= 0.3 is 5.97 Å². The molecule has 2 heterocycles. The highest BCUT2D eigenvalue weighted by Gasteiger charge is 2.27. The van der Waals surface area contributed by atoms with Crippen molar-refractivity contribution in [2.75, 3.05) is 13.2 Å². The van der Waals surface area contributed by atoms with Crippen molar-refractivity contribution in [1.29, 1.82) is 0 Å². The number of carbonyl (C=O) groups is 2. The third-order valence-electron chi connectivity index (χ3n) is 4.50. The van der Waals surface area contributed by atoms with Gasteiger partial charge in [-0.25, -0.2) is 4.79 Å². The first-order valence-corrected chi connectivity index (χ1v) is 10.2. The molecule has 1 aliphatic heterocycles. The molecular weight excluding hydrogens is 392 g/mol. The second-order valence-corrected chi connectivity index (χ2v) is 7.36. The first-order valence-electron chi connectivity index (χ1n) is 9.38. The lowest BCUT2D eigenvalue weighted by molar-refractivity contribution is -0.127. The van der Waals surface area contributed by atoms with Crippen LogP contribution < -0.4 is 14.3 Å². The highest BCUT2D eigenvalue weighted by Crippen LogP contribution is 2.31. The normalized spacial score (nSPS) is 16.1. The van der Waals surface area contributed by atoms with Crippen LogP contribution in [-0.4, -0.2) is 35.8 Å². The fourth-order valence-electron chi connectivity index (χ4n) is 3.11. The second-order valence-electron chi connectivity index (χ2n) is 6.35. The van der Waals surface area contributed by atoms with Crippen LogP contribution in [0.25, 0.3) is 10.2 Å². The Morgan fingerprint density at radius 1 is 1.21 bits per heavy atom. The van der Waals surface area contributed by atoms with Gasteiger partial charge in [0.2, 0.25) is 6.10 Å². The highest BCUT2D eigenvalue weighted by atomic mass is 32.1. The van der Waals surface area contributed by atoms with Gasteiger partial charge in [0.15, 0.2) is 16.3 Å². The predicted octanol–water partition coefficient (Wildman–Crippen LogP) is 3.17. The molecular formula is C21H20N2O5S. The van der Waals surface area contributed by atoms with Crippen molar-refractivity contribution in [3.8, 4) is 11.5 Å². The van der Waals surface area contributed by atoms with Crippen molar-refractivity contribution >= 4 is 33.4 Å². The summed E-state index contributed by atoms with van der Waals surface area (Å²) in [4.78, 5) is 29.6. The number of thiazole rings is 1. The Hall–Kier alpha value is -3.13. The summed E-state index contributed by atoms with van der Waals surface area (Å²) >= 11 is 1.35. The number of esters is 1. The quantitative estimate of drug-likeness (QED) is 0.615. The van der Waals surface area contributed by atoms with E-state index in [0.29, 0.717) is 35.0 Å². The summed E-state index contributed by atoms with van der Waals surface area (Å²) in [6, 6.07) is 12.6. The van der Waals surface area contributed by atoms with Crippen LogP contribution in [0, 0.1) is 0 Å². The number of ether oxygens (including phenoxy) is 3. The lowest BCUT2D eigenvalue weighted by Gasteiger charge is -2.23. The van der Waals surface area contributed by atoms with E-state index in [1.54, 1.807) is 31.2 Å². The zero-order valence-corrected chi connectivity index (χ0v) is 16.9. The zero-order chi connectivity index (χ0) is 20.4. The summed E-state index contributed by atoms with van der Waals surface area (Å²) in [6.07, 6.45) is -0.796. The lowest BCUT2D eigenvalue weighted by atomic mass is 10.2. The van der Waals surface area contributed by atoms with Gasteiger partial charge in [0, 0.05) is 6.54 Å². The second kappa shape index (κ2) is 8.08. The van der Waals surface area contributed by atoms with Crippen LogP contribution in [0.3, 0.4) is 0 Å². The van der Waals surface area contributed by atoms with Crippen molar-refractivity contribution in [2.45, 2.75) is 26.5 Å². The Balaban J connectivity index is 1.66. The van der Waals surface area contributed by atoms with Crippen molar-refractivity contribution < 1.29 is 23.8 Å². The van der Waals surface area contributed by atoms with E-state index >= 15 is 0 Å². The molecule has 29 heavy (non-hydrogen) atoms. The minimum absolute atomic E-state index is 0.114. The summed E-state index contributed by atoms with van der Waals surface area (Å²) in [6.45, 7) is 4.81. The Morgan fingerprint density at radius 2 is 2.00 bits per heavy atom. The topological polar surface area (TPSA) is 79.1 Å². The number of para-hydroxylation sites is 2. The summed E-state index contributed by atoms with van der Waals surface area (Å²) in [5.74, 6) is 0.380. The molecule has 0 saturated heterocycles. The largest absolute Gasteiger partial charge is 0.485 e. The number of rotatable bonds is 4. The molecule has 8 heteroatoms. The molecule has 0 saturated carbocycles. The molecule has 1 aromatic heterocycles. The van der Waals surface area contributed by atoms with Crippen LogP contribution in [0.2, 0.25) is 0 Å². The molecule has 7 nitrogen and oxygen atoms in total. The molecule has 1 aliphatic rings. The van der Waals surface area contributed by atoms with Gasteiger partial charge in [0.05, 0.1) is 22.4 Å². The molecule has 0 radical (unpaired) electrons. The molecule has 2 aromatic carbocycles.